The quantitative estimate of drug-likeness (QED) is 0.822. The lowest BCUT2D eigenvalue weighted by molar-refractivity contribution is 0.00592. The molecule has 0 radical (unpaired) electrons. The van der Waals surface area contributed by atoms with Crippen molar-refractivity contribution < 1.29 is 9.29 Å². The fourth-order valence-corrected chi connectivity index (χ4v) is 4.04. The molecule has 2 atom stereocenters. The fraction of sp³-hybridized carbons (Fsp3) is 0.647. The summed E-state index contributed by atoms with van der Waals surface area (Å²) in [6.45, 7) is 7.97. The average molecular weight is 322 g/mol. The molecule has 0 aliphatic carbocycles. The highest BCUT2D eigenvalue weighted by atomic mass is 32.2. The van der Waals surface area contributed by atoms with Crippen LogP contribution in [0.25, 0.3) is 0 Å². The van der Waals surface area contributed by atoms with E-state index in [1.54, 1.807) is 0 Å². The average Bonchev–Trinajstić information content (AvgIpc) is 2.47. The number of ether oxygens (including phenoxy) is 1. The van der Waals surface area contributed by atoms with Crippen LogP contribution >= 0.6 is 0 Å². The van der Waals surface area contributed by atoms with Crippen molar-refractivity contribution in [3.63, 3.8) is 0 Å². The second kappa shape index (κ2) is 6.04. The van der Waals surface area contributed by atoms with E-state index < -0.39 is 11.4 Å². The number of fused-ring (bicyclic) bond motifs is 1. The smallest absolute Gasteiger partial charge is 0.136 e. The van der Waals surface area contributed by atoms with Crippen LogP contribution in [0.15, 0.2) is 24.3 Å². The second-order valence-corrected chi connectivity index (χ2v) is 9.33. The van der Waals surface area contributed by atoms with Crippen molar-refractivity contribution in [1.82, 2.24) is 10.0 Å². The van der Waals surface area contributed by atoms with E-state index in [2.05, 4.69) is 16.1 Å². The number of hydrogen-bond donors (Lipinski definition) is 2. The monoisotopic (exact) mass is 322 g/mol. The first-order chi connectivity index (χ1) is 10.4. The minimum Gasteiger partial charge on any atom is -0.598 e. The highest BCUT2D eigenvalue weighted by Crippen LogP contribution is 2.43. The zero-order chi connectivity index (χ0) is 15.8. The fourth-order valence-electron chi connectivity index (χ4n) is 3.22. The van der Waals surface area contributed by atoms with Crippen molar-refractivity contribution in [2.75, 3.05) is 13.1 Å². The Hall–Kier alpha value is -0.750. The van der Waals surface area contributed by atoms with E-state index in [4.69, 9.17) is 4.74 Å². The number of rotatable bonds is 2. The summed E-state index contributed by atoms with van der Waals surface area (Å²) in [5.74, 6) is 0.944. The SMILES string of the molecule is CC(C)(C)[S+]([O-])N[C@H]1CC2(CCNCC2)Oc2ccccc21. The van der Waals surface area contributed by atoms with E-state index in [1.165, 1.54) is 0 Å². The van der Waals surface area contributed by atoms with Gasteiger partial charge in [-0.3, -0.25) is 0 Å². The molecule has 2 N–H and O–H groups in total. The summed E-state index contributed by atoms with van der Waals surface area (Å²) in [4.78, 5) is 0. The van der Waals surface area contributed by atoms with Crippen LogP contribution in [-0.4, -0.2) is 28.0 Å². The summed E-state index contributed by atoms with van der Waals surface area (Å²) in [6, 6.07) is 8.24. The van der Waals surface area contributed by atoms with Crippen LogP contribution in [0, 0.1) is 0 Å². The highest BCUT2D eigenvalue weighted by Gasteiger charge is 2.44. The van der Waals surface area contributed by atoms with E-state index >= 15 is 0 Å². The minimum absolute atomic E-state index is 0.0862. The van der Waals surface area contributed by atoms with Gasteiger partial charge in [-0.1, -0.05) is 18.2 Å². The predicted molar refractivity (Wildman–Crippen MR) is 90.3 cm³/mol. The van der Waals surface area contributed by atoms with Gasteiger partial charge in [-0.25, -0.2) is 0 Å². The first kappa shape index (κ1) is 16.1. The van der Waals surface area contributed by atoms with E-state index in [1.807, 2.05) is 39.0 Å². The van der Waals surface area contributed by atoms with Crippen LogP contribution < -0.4 is 14.8 Å². The van der Waals surface area contributed by atoms with Gasteiger partial charge in [0.2, 0.25) is 0 Å². The van der Waals surface area contributed by atoms with Gasteiger partial charge in [0.15, 0.2) is 0 Å². The molecule has 22 heavy (non-hydrogen) atoms. The normalized spacial score (nSPS) is 25.4. The lowest BCUT2D eigenvalue weighted by atomic mass is 9.81. The summed E-state index contributed by atoms with van der Waals surface area (Å²) < 4.78 is 22.0. The van der Waals surface area contributed by atoms with Gasteiger partial charge in [-0.05, 0) is 52.8 Å². The Bertz CT molecular complexity index is 524. The largest absolute Gasteiger partial charge is 0.598 e. The molecular formula is C17H26N2O2S. The van der Waals surface area contributed by atoms with Crippen molar-refractivity contribution in [3.05, 3.63) is 29.8 Å². The molecule has 3 rings (SSSR count). The Labute approximate surface area is 136 Å². The summed E-state index contributed by atoms with van der Waals surface area (Å²) in [5.41, 5.74) is 1.00. The van der Waals surface area contributed by atoms with Gasteiger partial charge < -0.3 is 14.6 Å². The Morgan fingerprint density at radius 1 is 1.27 bits per heavy atom. The topological polar surface area (TPSA) is 56.3 Å². The molecule has 1 aromatic carbocycles. The third kappa shape index (κ3) is 3.27. The molecule has 1 unspecified atom stereocenters. The van der Waals surface area contributed by atoms with Crippen LogP contribution in [0.1, 0.15) is 51.6 Å². The maximum atomic E-state index is 12.6. The van der Waals surface area contributed by atoms with Crippen LogP contribution in [0.2, 0.25) is 0 Å². The summed E-state index contributed by atoms with van der Waals surface area (Å²) in [6.07, 6.45) is 2.89. The van der Waals surface area contributed by atoms with Gasteiger partial charge in [0.25, 0.3) is 0 Å². The van der Waals surface area contributed by atoms with Crippen LogP contribution in [-0.2, 0) is 11.4 Å². The van der Waals surface area contributed by atoms with Crippen molar-refractivity contribution in [3.8, 4) is 5.75 Å². The molecule has 2 aliphatic rings. The maximum absolute atomic E-state index is 12.6. The van der Waals surface area contributed by atoms with Gasteiger partial charge >= 0.3 is 0 Å². The van der Waals surface area contributed by atoms with Crippen molar-refractivity contribution in [2.24, 2.45) is 0 Å². The number of benzene rings is 1. The number of piperidine rings is 1. The van der Waals surface area contributed by atoms with Crippen LogP contribution in [0.3, 0.4) is 0 Å². The first-order valence-electron chi connectivity index (χ1n) is 8.06. The molecule has 2 aliphatic heterocycles. The molecule has 0 aromatic heterocycles. The zero-order valence-electron chi connectivity index (χ0n) is 13.6. The Morgan fingerprint density at radius 3 is 2.64 bits per heavy atom. The first-order valence-corrected chi connectivity index (χ1v) is 9.21. The highest BCUT2D eigenvalue weighted by molar-refractivity contribution is 7.90. The van der Waals surface area contributed by atoms with Gasteiger partial charge in [-0.15, -0.1) is 4.72 Å². The van der Waals surface area contributed by atoms with Crippen LogP contribution in [0.5, 0.6) is 5.75 Å². The lowest BCUT2D eigenvalue weighted by Crippen LogP contribution is -2.52. The molecule has 1 aromatic rings. The van der Waals surface area contributed by atoms with Crippen LogP contribution in [0.4, 0.5) is 0 Å². The second-order valence-electron chi connectivity index (χ2n) is 7.33. The van der Waals surface area contributed by atoms with Crippen molar-refractivity contribution in [2.45, 2.75) is 56.4 Å². The van der Waals surface area contributed by atoms with Crippen molar-refractivity contribution >= 4 is 11.4 Å². The van der Waals surface area contributed by atoms with E-state index in [0.717, 1.165) is 43.7 Å². The zero-order valence-corrected chi connectivity index (χ0v) is 14.5. The third-order valence-corrected chi connectivity index (χ3v) is 6.13. The lowest BCUT2D eigenvalue weighted by Gasteiger charge is -2.45. The minimum atomic E-state index is -1.08. The number of nitrogens with one attached hydrogen (secondary N) is 2. The molecular weight excluding hydrogens is 296 g/mol. The maximum Gasteiger partial charge on any atom is 0.136 e. The predicted octanol–water partition coefficient (Wildman–Crippen LogP) is 2.68. The molecule has 0 bridgehead atoms. The Balaban J connectivity index is 1.87. The molecule has 0 amide bonds. The molecule has 5 heteroatoms. The summed E-state index contributed by atoms with van der Waals surface area (Å²) in [5, 5.41) is 3.40. The van der Waals surface area contributed by atoms with Gasteiger partial charge in [0.05, 0.1) is 6.04 Å². The van der Waals surface area contributed by atoms with Gasteiger partial charge in [-0.2, -0.15) is 0 Å². The number of para-hydroxylation sites is 1. The molecule has 0 saturated carbocycles. The van der Waals surface area contributed by atoms with Crippen molar-refractivity contribution in [1.29, 1.82) is 0 Å². The van der Waals surface area contributed by atoms with E-state index in [-0.39, 0.29) is 16.4 Å². The van der Waals surface area contributed by atoms with Gasteiger partial charge in [0.1, 0.15) is 16.1 Å². The summed E-state index contributed by atoms with van der Waals surface area (Å²) in [7, 11) is 0. The number of hydrogen-bond acceptors (Lipinski definition) is 4. The molecule has 4 nitrogen and oxygen atoms in total. The standard InChI is InChI=1S/C17H26N2O2S/c1-16(2,3)22(20)19-14-12-17(8-10-18-11-9-17)21-15-7-5-4-6-13(14)15/h4-7,14,18-19H,8-12H2,1-3H3/t14-,22?/m0/s1. The molecule has 122 valence electrons. The van der Waals surface area contributed by atoms with Gasteiger partial charge in [0, 0.05) is 23.3 Å². The third-order valence-electron chi connectivity index (χ3n) is 4.52. The Kier molecular flexibility index (Phi) is 4.42. The van der Waals surface area contributed by atoms with E-state index in [0.29, 0.717) is 0 Å². The molecule has 2 heterocycles. The molecule has 1 fully saturated rings. The molecule has 1 saturated heterocycles. The molecule has 1 spiro atoms. The Morgan fingerprint density at radius 2 is 1.95 bits per heavy atom. The van der Waals surface area contributed by atoms with E-state index in [9.17, 15) is 4.55 Å². The summed E-state index contributed by atoms with van der Waals surface area (Å²) >= 11 is -1.08.